The number of amides is 1. The Hall–Kier alpha value is -2.97. The van der Waals surface area contributed by atoms with Crippen LogP contribution in [0.2, 0.25) is 5.02 Å². The number of halogens is 1. The maximum Gasteiger partial charge on any atom is 0.262 e. The van der Waals surface area contributed by atoms with Crippen LogP contribution in [0.15, 0.2) is 41.3 Å². The first-order valence-corrected chi connectivity index (χ1v) is 9.38. The molecule has 1 fully saturated rings. The Labute approximate surface area is 165 Å². The number of piperidine rings is 1. The summed E-state index contributed by atoms with van der Waals surface area (Å²) in [6, 6.07) is 8.15. The van der Waals surface area contributed by atoms with Crippen molar-refractivity contribution < 1.29 is 4.79 Å². The first-order valence-electron chi connectivity index (χ1n) is 9.00. The third kappa shape index (κ3) is 3.56. The molecule has 0 atom stereocenters. The van der Waals surface area contributed by atoms with Crippen molar-refractivity contribution in [2.45, 2.75) is 18.8 Å². The molecule has 3 aromatic rings. The van der Waals surface area contributed by atoms with E-state index in [4.69, 9.17) is 17.0 Å². The number of H-pyrrole nitrogens is 1. The van der Waals surface area contributed by atoms with Crippen LogP contribution in [0.3, 0.4) is 0 Å². The van der Waals surface area contributed by atoms with Crippen molar-refractivity contribution in [1.29, 1.82) is 5.41 Å². The van der Waals surface area contributed by atoms with Gasteiger partial charge in [-0.1, -0.05) is 11.6 Å². The van der Waals surface area contributed by atoms with Gasteiger partial charge in [-0.05, 0) is 50.2 Å². The molecule has 0 aliphatic carbocycles. The van der Waals surface area contributed by atoms with Crippen molar-refractivity contribution in [2.24, 2.45) is 0 Å². The molecular formula is C19H19ClN6O2. The highest BCUT2D eigenvalue weighted by atomic mass is 35.5. The third-order valence-electron chi connectivity index (χ3n) is 4.91. The number of nitrogens with zero attached hydrogens (tertiary/aromatic N) is 2. The third-order valence-corrected chi connectivity index (χ3v) is 5.16. The van der Waals surface area contributed by atoms with Gasteiger partial charge in [-0.15, -0.1) is 0 Å². The second-order valence-electron chi connectivity index (χ2n) is 6.74. The zero-order valence-corrected chi connectivity index (χ0v) is 15.7. The lowest BCUT2D eigenvalue weighted by Gasteiger charge is -2.23. The number of hydrogen-bond donors (Lipinski definition) is 4. The fraction of sp³-hybridized carbons (Fsp3) is 0.263. The van der Waals surface area contributed by atoms with Crippen LogP contribution in [0, 0.1) is 5.41 Å². The topological polar surface area (TPSA) is 115 Å². The SMILES string of the molecule is N=C(NC(=O)c1cnn2c(C3CCNCC3)cc(=O)[nH]c12)c1ccc(Cl)cc1. The highest BCUT2D eigenvalue weighted by Crippen LogP contribution is 2.24. The normalized spacial score (nSPS) is 14.9. The second-order valence-corrected chi connectivity index (χ2v) is 7.17. The fourth-order valence-corrected chi connectivity index (χ4v) is 3.58. The van der Waals surface area contributed by atoms with Crippen LogP contribution in [-0.4, -0.2) is 39.4 Å². The van der Waals surface area contributed by atoms with E-state index >= 15 is 0 Å². The van der Waals surface area contributed by atoms with Crippen LogP contribution in [0.25, 0.3) is 5.65 Å². The standard InChI is InChI=1S/C19H19ClN6O2/c20-13-3-1-12(2-4-13)17(21)25-19(28)14-10-23-26-15(9-16(27)24-18(14)26)11-5-7-22-8-6-11/h1-4,9-11,22H,5-8H2,(H,24,27)(H2,21,25,28). The van der Waals surface area contributed by atoms with Crippen LogP contribution in [0.5, 0.6) is 0 Å². The maximum absolute atomic E-state index is 12.7. The number of nitrogens with one attached hydrogen (secondary N) is 4. The molecule has 9 heteroatoms. The van der Waals surface area contributed by atoms with Gasteiger partial charge in [0.05, 0.1) is 11.9 Å². The van der Waals surface area contributed by atoms with Crippen molar-refractivity contribution in [3.8, 4) is 0 Å². The zero-order valence-electron chi connectivity index (χ0n) is 15.0. The van der Waals surface area contributed by atoms with Crippen LogP contribution in [-0.2, 0) is 0 Å². The number of aromatic nitrogens is 3. The van der Waals surface area contributed by atoms with Gasteiger partial charge < -0.3 is 15.6 Å². The first-order chi connectivity index (χ1) is 13.5. The molecule has 1 aromatic carbocycles. The van der Waals surface area contributed by atoms with Gasteiger partial charge >= 0.3 is 0 Å². The highest BCUT2D eigenvalue weighted by molar-refractivity contribution is 6.30. The Morgan fingerprint density at radius 3 is 2.68 bits per heavy atom. The van der Waals surface area contributed by atoms with Gasteiger partial charge in [-0.2, -0.15) is 5.10 Å². The summed E-state index contributed by atoms with van der Waals surface area (Å²) in [5.74, 6) is -0.361. The lowest BCUT2D eigenvalue weighted by atomic mass is 9.94. The Morgan fingerprint density at radius 2 is 1.96 bits per heavy atom. The number of benzene rings is 1. The molecule has 0 radical (unpaired) electrons. The van der Waals surface area contributed by atoms with Crippen LogP contribution < -0.4 is 16.2 Å². The number of aromatic amines is 1. The summed E-state index contributed by atoms with van der Waals surface area (Å²) in [5, 5.41) is 18.8. The number of carbonyl (C=O) groups is 1. The minimum atomic E-state index is -0.506. The predicted molar refractivity (Wildman–Crippen MR) is 106 cm³/mol. The van der Waals surface area contributed by atoms with E-state index in [1.807, 2.05) is 0 Å². The molecule has 1 aliphatic rings. The Morgan fingerprint density at radius 1 is 1.25 bits per heavy atom. The molecule has 0 spiro atoms. The van der Waals surface area contributed by atoms with Gasteiger partial charge in [-0.3, -0.25) is 15.0 Å². The Bertz CT molecular complexity index is 1100. The first kappa shape index (κ1) is 18.4. The van der Waals surface area contributed by atoms with E-state index < -0.39 is 5.91 Å². The zero-order chi connectivity index (χ0) is 19.7. The van der Waals surface area contributed by atoms with E-state index in [2.05, 4.69) is 20.7 Å². The molecule has 1 saturated heterocycles. The van der Waals surface area contributed by atoms with Crippen molar-refractivity contribution in [3.05, 3.63) is 68.7 Å². The summed E-state index contributed by atoms with van der Waals surface area (Å²) in [6.45, 7) is 1.76. The van der Waals surface area contributed by atoms with Gasteiger partial charge in [0.1, 0.15) is 17.0 Å². The molecule has 144 valence electrons. The summed E-state index contributed by atoms with van der Waals surface area (Å²) in [7, 11) is 0. The summed E-state index contributed by atoms with van der Waals surface area (Å²) < 4.78 is 1.62. The smallest absolute Gasteiger partial charge is 0.262 e. The quantitative estimate of drug-likeness (QED) is 0.398. The molecule has 1 amide bonds. The van der Waals surface area contributed by atoms with Crippen molar-refractivity contribution in [3.63, 3.8) is 0 Å². The average Bonchev–Trinajstić information content (AvgIpc) is 3.12. The van der Waals surface area contributed by atoms with Crippen molar-refractivity contribution >= 4 is 29.0 Å². The lowest BCUT2D eigenvalue weighted by Crippen LogP contribution is -2.31. The van der Waals surface area contributed by atoms with Crippen LogP contribution >= 0.6 is 11.6 Å². The molecule has 4 rings (SSSR count). The largest absolute Gasteiger partial charge is 0.317 e. The van der Waals surface area contributed by atoms with E-state index in [1.54, 1.807) is 34.8 Å². The van der Waals surface area contributed by atoms with Crippen LogP contribution in [0.1, 0.15) is 40.4 Å². The monoisotopic (exact) mass is 398 g/mol. The molecule has 0 saturated carbocycles. The summed E-state index contributed by atoms with van der Waals surface area (Å²) >= 11 is 5.86. The lowest BCUT2D eigenvalue weighted by molar-refractivity contribution is 0.0978. The molecule has 2 aromatic heterocycles. The van der Waals surface area contributed by atoms with E-state index in [0.717, 1.165) is 31.6 Å². The van der Waals surface area contributed by atoms with Crippen molar-refractivity contribution in [2.75, 3.05) is 13.1 Å². The minimum absolute atomic E-state index is 0.0575. The minimum Gasteiger partial charge on any atom is -0.317 e. The maximum atomic E-state index is 12.7. The second kappa shape index (κ2) is 7.57. The van der Waals surface area contributed by atoms with Crippen molar-refractivity contribution in [1.82, 2.24) is 25.2 Å². The number of rotatable bonds is 3. The summed E-state index contributed by atoms with van der Waals surface area (Å²) in [5.41, 5.74) is 1.60. The van der Waals surface area contributed by atoms with Gasteiger partial charge in [-0.25, -0.2) is 4.52 Å². The molecule has 8 nitrogen and oxygen atoms in total. The van der Waals surface area contributed by atoms with E-state index in [9.17, 15) is 9.59 Å². The highest BCUT2D eigenvalue weighted by Gasteiger charge is 2.22. The van der Waals surface area contributed by atoms with Gasteiger partial charge in [0.2, 0.25) is 0 Å². The van der Waals surface area contributed by atoms with Gasteiger partial charge in [0.25, 0.3) is 11.5 Å². The van der Waals surface area contributed by atoms with Crippen LogP contribution in [0.4, 0.5) is 0 Å². The molecule has 3 heterocycles. The number of amidine groups is 1. The average molecular weight is 399 g/mol. The predicted octanol–water partition coefficient (Wildman–Crippen LogP) is 1.90. The molecular weight excluding hydrogens is 380 g/mol. The molecule has 28 heavy (non-hydrogen) atoms. The number of hydrogen-bond acceptors (Lipinski definition) is 5. The Kier molecular flexibility index (Phi) is 4.97. The number of fused-ring (bicyclic) bond motifs is 1. The molecule has 1 aliphatic heterocycles. The van der Waals surface area contributed by atoms with Gasteiger partial charge in [0.15, 0.2) is 0 Å². The van der Waals surface area contributed by atoms with E-state index in [0.29, 0.717) is 16.2 Å². The Balaban J connectivity index is 1.64. The van der Waals surface area contributed by atoms with E-state index in [-0.39, 0.29) is 22.9 Å². The molecule has 4 N–H and O–H groups in total. The number of carbonyl (C=O) groups excluding carboxylic acids is 1. The fourth-order valence-electron chi connectivity index (χ4n) is 3.46. The van der Waals surface area contributed by atoms with E-state index in [1.165, 1.54) is 6.20 Å². The molecule has 0 unspecified atom stereocenters. The summed E-state index contributed by atoms with van der Waals surface area (Å²) in [6.07, 6.45) is 3.22. The van der Waals surface area contributed by atoms with Gasteiger partial charge in [0, 0.05) is 22.6 Å². The molecule has 0 bridgehead atoms. The summed E-state index contributed by atoms with van der Waals surface area (Å²) in [4.78, 5) is 27.6.